The molecule has 35 heavy (non-hydrogen) atoms. The highest BCUT2D eigenvalue weighted by Gasteiger charge is 2.59. The first-order valence-corrected chi connectivity index (χ1v) is 14.9. The topological polar surface area (TPSA) is 58.6 Å². The van der Waals surface area contributed by atoms with Crippen molar-refractivity contribution in [3.05, 3.63) is 11.6 Å². The normalized spacial score (nSPS) is 39.3. The van der Waals surface area contributed by atoms with Gasteiger partial charge in [-0.25, -0.2) is 4.79 Å². The Morgan fingerprint density at radius 1 is 1.09 bits per heavy atom. The predicted molar refractivity (Wildman–Crippen MR) is 143 cm³/mol. The molecule has 2 N–H and O–H groups in total. The number of aliphatic hydroxyl groups is 1. The molecule has 0 spiro atoms. The van der Waals surface area contributed by atoms with Crippen molar-refractivity contribution in [2.75, 3.05) is 13.2 Å². The van der Waals surface area contributed by atoms with Crippen molar-refractivity contribution < 1.29 is 14.6 Å². The summed E-state index contributed by atoms with van der Waals surface area (Å²) in [5.74, 6) is 5.13. The molecule has 8 atom stereocenters. The van der Waals surface area contributed by atoms with Crippen molar-refractivity contribution in [3.8, 4) is 0 Å². The molecule has 0 saturated heterocycles. The summed E-state index contributed by atoms with van der Waals surface area (Å²) in [6.45, 7) is 13.1. The largest absolute Gasteiger partial charge is 0.446 e. The smallest absolute Gasteiger partial charge is 0.407 e. The number of hydrogen-bond acceptors (Lipinski definition) is 3. The van der Waals surface area contributed by atoms with Gasteiger partial charge in [-0.2, -0.15) is 0 Å². The number of rotatable bonds is 9. The molecule has 1 amide bonds. The van der Waals surface area contributed by atoms with Crippen LogP contribution in [0.15, 0.2) is 11.6 Å². The van der Waals surface area contributed by atoms with Crippen LogP contribution in [0.2, 0.25) is 0 Å². The number of allylic oxidation sites excluding steroid dienone is 1. The zero-order valence-corrected chi connectivity index (χ0v) is 23.3. The van der Waals surface area contributed by atoms with Gasteiger partial charge < -0.3 is 15.2 Å². The molecule has 0 aliphatic heterocycles. The average molecular weight is 488 g/mol. The molecular formula is C31H53NO3. The number of ether oxygens (including phenoxy) is 1. The van der Waals surface area contributed by atoms with Gasteiger partial charge in [0.25, 0.3) is 0 Å². The number of nitrogens with one attached hydrogen (secondary N) is 1. The molecule has 4 aliphatic rings. The van der Waals surface area contributed by atoms with E-state index in [1.165, 1.54) is 51.4 Å². The molecule has 4 heteroatoms. The molecule has 4 aliphatic carbocycles. The van der Waals surface area contributed by atoms with E-state index in [1.54, 1.807) is 5.57 Å². The fourth-order valence-corrected chi connectivity index (χ4v) is 9.22. The van der Waals surface area contributed by atoms with Crippen LogP contribution in [-0.2, 0) is 4.74 Å². The number of amides is 1. The van der Waals surface area contributed by atoms with E-state index in [2.05, 4.69) is 46.0 Å². The third-order valence-electron chi connectivity index (χ3n) is 11.1. The minimum Gasteiger partial charge on any atom is -0.446 e. The molecule has 0 heterocycles. The van der Waals surface area contributed by atoms with Crippen LogP contribution in [0.3, 0.4) is 0 Å². The maximum atomic E-state index is 12.2. The van der Waals surface area contributed by atoms with Gasteiger partial charge in [0.05, 0.1) is 0 Å². The lowest BCUT2D eigenvalue weighted by atomic mass is 9.47. The first-order chi connectivity index (χ1) is 16.7. The van der Waals surface area contributed by atoms with E-state index < -0.39 is 0 Å². The van der Waals surface area contributed by atoms with Crippen LogP contribution < -0.4 is 5.32 Å². The monoisotopic (exact) mass is 487 g/mol. The summed E-state index contributed by atoms with van der Waals surface area (Å²) in [7, 11) is 0. The molecule has 0 bridgehead atoms. The highest BCUT2D eigenvalue weighted by Crippen LogP contribution is 2.67. The van der Waals surface area contributed by atoms with Crippen LogP contribution in [0.5, 0.6) is 0 Å². The Morgan fingerprint density at radius 3 is 2.63 bits per heavy atom. The Balaban J connectivity index is 1.39. The predicted octanol–water partition coefficient (Wildman–Crippen LogP) is 7.51. The third-order valence-corrected chi connectivity index (χ3v) is 11.1. The molecule has 4 nitrogen and oxygen atoms in total. The summed E-state index contributed by atoms with van der Waals surface area (Å²) in [6, 6.07) is 0. The van der Waals surface area contributed by atoms with Gasteiger partial charge in [0, 0.05) is 19.6 Å². The van der Waals surface area contributed by atoms with E-state index in [0.29, 0.717) is 23.8 Å². The van der Waals surface area contributed by atoms with Crippen LogP contribution in [-0.4, -0.2) is 30.5 Å². The van der Waals surface area contributed by atoms with Crippen molar-refractivity contribution in [1.29, 1.82) is 0 Å². The second-order valence-corrected chi connectivity index (χ2v) is 13.6. The zero-order valence-electron chi connectivity index (χ0n) is 23.3. The van der Waals surface area contributed by atoms with Gasteiger partial charge in [-0.15, -0.1) is 0 Å². The number of carbonyl (C=O) groups is 1. The summed E-state index contributed by atoms with van der Waals surface area (Å²) in [6.07, 6.45) is 17.0. The summed E-state index contributed by atoms with van der Waals surface area (Å²) >= 11 is 0. The van der Waals surface area contributed by atoms with Gasteiger partial charge in [-0.05, 0) is 97.7 Å². The Morgan fingerprint density at radius 2 is 1.89 bits per heavy atom. The quantitative estimate of drug-likeness (QED) is 0.261. The van der Waals surface area contributed by atoms with Crippen LogP contribution in [0.25, 0.3) is 0 Å². The summed E-state index contributed by atoms with van der Waals surface area (Å²) in [5.41, 5.74) is 2.39. The summed E-state index contributed by atoms with van der Waals surface area (Å²) < 4.78 is 5.77. The lowest BCUT2D eigenvalue weighted by Crippen LogP contribution is -2.51. The van der Waals surface area contributed by atoms with Gasteiger partial charge in [0.2, 0.25) is 0 Å². The highest BCUT2D eigenvalue weighted by molar-refractivity contribution is 5.67. The molecule has 3 fully saturated rings. The lowest BCUT2D eigenvalue weighted by molar-refractivity contribution is -0.0581. The van der Waals surface area contributed by atoms with Gasteiger partial charge in [0.1, 0.15) is 6.10 Å². The van der Waals surface area contributed by atoms with Crippen molar-refractivity contribution in [1.82, 2.24) is 5.32 Å². The average Bonchev–Trinajstić information content (AvgIpc) is 3.16. The second kappa shape index (κ2) is 11.2. The Labute approximate surface area is 215 Å². The van der Waals surface area contributed by atoms with Gasteiger partial charge >= 0.3 is 6.09 Å². The van der Waals surface area contributed by atoms with E-state index in [-0.39, 0.29) is 18.8 Å². The van der Waals surface area contributed by atoms with E-state index in [0.717, 1.165) is 54.8 Å². The number of hydrogen-bond donors (Lipinski definition) is 2. The van der Waals surface area contributed by atoms with E-state index >= 15 is 0 Å². The maximum absolute atomic E-state index is 12.2. The van der Waals surface area contributed by atoms with Crippen molar-refractivity contribution in [3.63, 3.8) is 0 Å². The molecule has 4 unspecified atom stereocenters. The Bertz CT molecular complexity index is 762. The minimum absolute atomic E-state index is 0.00333. The maximum Gasteiger partial charge on any atom is 0.407 e. The van der Waals surface area contributed by atoms with Crippen molar-refractivity contribution in [2.45, 2.75) is 118 Å². The fraction of sp³-hybridized carbons (Fsp3) is 0.903. The molecule has 200 valence electrons. The first kappa shape index (κ1) is 27.0. The number of alkyl carbamates (subject to hydrolysis) is 1. The molecule has 4 rings (SSSR count). The standard InChI is InChI=1S/C31H53NO3/c1-21(2)8-6-9-22(3)26-12-13-27-25-11-10-23-20-24(35-29(34)32-18-7-19-33)14-16-30(23,4)28(25)15-17-31(26,27)5/h10,21-22,24-28,33H,6-9,11-20H2,1-5H3,(H,32,34)/t22-,24?,25?,26-,27?,28?,30+,31-/m1/s1. The molecular weight excluding hydrogens is 434 g/mol. The minimum atomic E-state index is -0.325. The summed E-state index contributed by atoms with van der Waals surface area (Å²) in [4.78, 5) is 12.2. The van der Waals surface area contributed by atoms with Crippen LogP contribution in [0, 0.1) is 46.3 Å². The molecule has 0 radical (unpaired) electrons. The highest BCUT2D eigenvalue weighted by atomic mass is 16.6. The molecule has 0 aromatic carbocycles. The zero-order chi connectivity index (χ0) is 25.2. The molecule has 0 aromatic heterocycles. The molecule has 0 aromatic rings. The van der Waals surface area contributed by atoms with Gasteiger partial charge in [0.15, 0.2) is 0 Å². The number of aliphatic hydroxyl groups excluding tert-OH is 1. The lowest BCUT2D eigenvalue weighted by Gasteiger charge is -2.58. The second-order valence-electron chi connectivity index (χ2n) is 13.6. The number of fused-ring (bicyclic) bond motifs is 5. The van der Waals surface area contributed by atoms with Crippen LogP contribution in [0.4, 0.5) is 4.79 Å². The van der Waals surface area contributed by atoms with Gasteiger partial charge in [-0.1, -0.05) is 65.5 Å². The summed E-state index contributed by atoms with van der Waals surface area (Å²) in [5, 5.41) is 11.7. The van der Waals surface area contributed by atoms with Crippen LogP contribution >= 0.6 is 0 Å². The van der Waals surface area contributed by atoms with Crippen molar-refractivity contribution in [2.24, 2.45) is 46.3 Å². The third kappa shape index (κ3) is 5.48. The Kier molecular flexibility index (Phi) is 8.61. The number of carbonyl (C=O) groups excluding carboxylic acids is 1. The Hall–Kier alpha value is -1.03. The van der Waals surface area contributed by atoms with E-state index in [1.807, 2.05) is 0 Å². The van der Waals surface area contributed by atoms with Gasteiger partial charge in [-0.3, -0.25) is 0 Å². The first-order valence-electron chi connectivity index (χ1n) is 14.9. The molecule has 3 saturated carbocycles. The van der Waals surface area contributed by atoms with Crippen molar-refractivity contribution >= 4 is 6.09 Å². The van der Waals surface area contributed by atoms with E-state index in [9.17, 15) is 4.79 Å². The van der Waals surface area contributed by atoms with E-state index in [4.69, 9.17) is 9.84 Å². The van der Waals surface area contributed by atoms with Crippen LogP contribution in [0.1, 0.15) is 112 Å². The SMILES string of the molecule is CC(C)CCC[C@@H](C)[C@H]1CCC2C3CC=C4CC(OC(=O)NCCCO)CC[C@]4(C)C3CC[C@@]21C. The fourth-order valence-electron chi connectivity index (χ4n) is 9.22.